The van der Waals surface area contributed by atoms with Gasteiger partial charge in [0, 0.05) is 17.0 Å². The largest absolute Gasteiger partial charge is 0.497 e. The molecule has 150 valence electrons. The van der Waals surface area contributed by atoms with Crippen molar-refractivity contribution in [1.29, 1.82) is 0 Å². The number of benzene rings is 2. The fourth-order valence-corrected chi connectivity index (χ4v) is 4.88. The van der Waals surface area contributed by atoms with Crippen molar-refractivity contribution in [3.63, 3.8) is 0 Å². The third-order valence-electron chi connectivity index (χ3n) is 4.10. The van der Waals surface area contributed by atoms with E-state index in [4.69, 9.17) is 13.9 Å². The quantitative estimate of drug-likeness (QED) is 0.479. The summed E-state index contributed by atoms with van der Waals surface area (Å²) in [7, 11) is -1.13. The Hall–Kier alpha value is -3.31. The van der Waals surface area contributed by atoms with Crippen molar-refractivity contribution >= 4 is 37.6 Å². The lowest BCUT2D eigenvalue weighted by atomic mass is 10.1. The van der Waals surface area contributed by atoms with Crippen LogP contribution in [-0.4, -0.2) is 32.6 Å². The second-order valence-electron chi connectivity index (χ2n) is 5.89. The molecule has 0 aliphatic heterocycles. The summed E-state index contributed by atoms with van der Waals surface area (Å²) in [6, 6.07) is 9.60. The van der Waals surface area contributed by atoms with Crippen molar-refractivity contribution in [2.45, 2.75) is 4.90 Å². The van der Waals surface area contributed by atoms with Crippen LogP contribution in [0.3, 0.4) is 0 Å². The van der Waals surface area contributed by atoms with Crippen LogP contribution in [-0.2, 0) is 10.0 Å². The fraction of sp³-hybridized carbons (Fsp3) is 0.111. The molecule has 4 aromatic rings. The molecule has 0 unspecified atom stereocenters. The van der Waals surface area contributed by atoms with E-state index in [2.05, 4.69) is 14.7 Å². The lowest BCUT2D eigenvalue weighted by Crippen LogP contribution is -2.14. The number of nitrogens with one attached hydrogen (secondary N) is 2. The summed E-state index contributed by atoms with van der Waals surface area (Å²) in [6.45, 7) is 0. The number of H-pyrrole nitrogens is 1. The number of anilines is 1. The predicted octanol–water partition coefficient (Wildman–Crippen LogP) is 3.06. The van der Waals surface area contributed by atoms with Crippen LogP contribution in [0.4, 0.5) is 5.13 Å². The van der Waals surface area contributed by atoms with Gasteiger partial charge in [0.1, 0.15) is 16.4 Å². The van der Waals surface area contributed by atoms with Crippen molar-refractivity contribution in [1.82, 2.24) is 9.97 Å². The van der Waals surface area contributed by atoms with E-state index in [-0.39, 0.29) is 15.8 Å². The van der Waals surface area contributed by atoms with E-state index in [1.165, 1.54) is 26.4 Å². The molecular formula is C18H15N3O6S2. The van der Waals surface area contributed by atoms with Crippen LogP contribution in [0.25, 0.3) is 22.4 Å². The molecule has 0 saturated carbocycles. The molecule has 0 amide bonds. The summed E-state index contributed by atoms with van der Waals surface area (Å²) >= 11 is 1.13. The molecule has 0 spiro atoms. The first kappa shape index (κ1) is 19.0. The Morgan fingerprint density at radius 2 is 1.97 bits per heavy atom. The Morgan fingerprint density at radius 3 is 2.72 bits per heavy atom. The van der Waals surface area contributed by atoms with Gasteiger partial charge in [0.05, 0.1) is 25.4 Å². The molecule has 9 nitrogen and oxygen atoms in total. The minimum absolute atomic E-state index is 0.0633. The standard InChI is InChI=1S/C18H15N3O6S2/c1-25-11-4-6-14(26-2)16(8-11)29(23,24)21-17-19-13(9-28-17)10-3-5-12-15(7-10)27-18(22)20-12/h3-9H,1-2H3,(H,19,21)(H,20,22). The molecule has 0 atom stereocenters. The highest BCUT2D eigenvalue weighted by Crippen LogP contribution is 2.32. The minimum atomic E-state index is -3.96. The second-order valence-corrected chi connectivity index (χ2v) is 8.39. The van der Waals surface area contributed by atoms with Gasteiger partial charge in [-0.05, 0) is 24.3 Å². The molecule has 2 aromatic heterocycles. The Bertz CT molecular complexity index is 1350. The van der Waals surface area contributed by atoms with Gasteiger partial charge in [0.25, 0.3) is 10.0 Å². The number of aromatic amines is 1. The van der Waals surface area contributed by atoms with Crippen LogP contribution in [0.1, 0.15) is 0 Å². The molecule has 0 radical (unpaired) electrons. The monoisotopic (exact) mass is 433 g/mol. The number of aromatic nitrogens is 2. The first-order valence-corrected chi connectivity index (χ1v) is 10.6. The highest BCUT2D eigenvalue weighted by Gasteiger charge is 2.22. The molecule has 0 aliphatic carbocycles. The van der Waals surface area contributed by atoms with Crippen molar-refractivity contribution in [3.05, 3.63) is 52.3 Å². The number of hydrogen-bond donors (Lipinski definition) is 2. The number of hydrogen-bond acceptors (Lipinski definition) is 8. The normalized spacial score (nSPS) is 11.5. The molecule has 0 saturated heterocycles. The summed E-state index contributed by atoms with van der Waals surface area (Å²) in [4.78, 5) is 18.1. The molecule has 2 aromatic carbocycles. The first-order chi connectivity index (χ1) is 13.9. The number of ether oxygens (including phenoxy) is 2. The van der Waals surface area contributed by atoms with Gasteiger partial charge in [0.2, 0.25) is 0 Å². The number of oxazole rings is 1. The molecule has 11 heteroatoms. The Labute approximate surface area is 169 Å². The maximum atomic E-state index is 12.8. The van der Waals surface area contributed by atoms with Gasteiger partial charge in [-0.15, -0.1) is 11.3 Å². The third kappa shape index (κ3) is 3.69. The average molecular weight is 433 g/mol. The minimum Gasteiger partial charge on any atom is -0.497 e. The van der Waals surface area contributed by atoms with Crippen LogP contribution in [0.15, 0.2) is 55.9 Å². The second kappa shape index (κ2) is 7.26. The fourth-order valence-electron chi connectivity index (χ4n) is 2.72. The Kier molecular flexibility index (Phi) is 4.76. The maximum absolute atomic E-state index is 12.8. The highest BCUT2D eigenvalue weighted by molar-refractivity contribution is 7.93. The first-order valence-electron chi connectivity index (χ1n) is 8.23. The molecular weight excluding hydrogens is 418 g/mol. The summed E-state index contributed by atoms with van der Waals surface area (Å²) in [5.41, 5.74) is 2.18. The van der Waals surface area contributed by atoms with Crippen molar-refractivity contribution in [2.75, 3.05) is 18.9 Å². The summed E-state index contributed by atoms with van der Waals surface area (Å²) in [5.74, 6) is 0.0198. The van der Waals surface area contributed by atoms with Crippen LogP contribution >= 0.6 is 11.3 Å². The van der Waals surface area contributed by atoms with E-state index in [1.807, 2.05) is 0 Å². The van der Waals surface area contributed by atoms with E-state index >= 15 is 0 Å². The molecule has 4 rings (SSSR count). The van der Waals surface area contributed by atoms with Crippen molar-refractivity contribution < 1.29 is 22.3 Å². The van der Waals surface area contributed by atoms with Crippen LogP contribution in [0.2, 0.25) is 0 Å². The van der Waals surface area contributed by atoms with E-state index < -0.39 is 15.8 Å². The number of nitrogens with zero attached hydrogens (tertiary/aromatic N) is 1. The smallest absolute Gasteiger partial charge is 0.417 e. The summed E-state index contributed by atoms with van der Waals surface area (Å²) in [5, 5.41) is 1.88. The zero-order valence-electron chi connectivity index (χ0n) is 15.3. The van der Waals surface area contributed by atoms with Gasteiger partial charge in [-0.3, -0.25) is 9.71 Å². The molecule has 0 fully saturated rings. The predicted molar refractivity (Wildman–Crippen MR) is 108 cm³/mol. The Balaban J connectivity index is 1.65. The van der Waals surface area contributed by atoms with E-state index in [0.29, 0.717) is 28.1 Å². The lowest BCUT2D eigenvalue weighted by Gasteiger charge is -2.11. The zero-order chi connectivity index (χ0) is 20.6. The molecule has 2 heterocycles. The highest BCUT2D eigenvalue weighted by atomic mass is 32.2. The SMILES string of the molecule is COc1ccc(OC)c(S(=O)(=O)Nc2nc(-c3ccc4[nH]c(=O)oc4c3)cs2)c1. The molecule has 29 heavy (non-hydrogen) atoms. The maximum Gasteiger partial charge on any atom is 0.417 e. The van der Waals surface area contributed by atoms with Gasteiger partial charge in [-0.25, -0.2) is 18.2 Å². The number of fused-ring (bicyclic) bond motifs is 1. The van der Waals surface area contributed by atoms with Gasteiger partial charge in [0.15, 0.2) is 10.7 Å². The van der Waals surface area contributed by atoms with E-state index in [9.17, 15) is 13.2 Å². The molecule has 0 bridgehead atoms. The average Bonchev–Trinajstić information content (AvgIpc) is 3.31. The topological polar surface area (TPSA) is 124 Å². The molecule has 0 aliphatic rings. The van der Waals surface area contributed by atoms with Gasteiger partial charge in [-0.2, -0.15) is 0 Å². The van der Waals surface area contributed by atoms with Crippen LogP contribution in [0.5, 0.6) is 11.5 Å². The van der Waals surface area contributed by atoms with Crippen molar-refractivity contribution in [2.24, 2.45) is 0 Å². The Morgan fingerprint density at radius 1 is 1.14 bits per heavy atom. The van der Waals surface area contributed by atoms with Gasteiger partial charge < -0.3 is 13.9 Å². The third-order valence-corrected chi connectivity index (χ3v) is 6.35. The zero-order valence-corrected chi connectivity index (χ0v) is 16.9. The lowest BCUT2D eigenvalue weighted by molar-refractivity contribution is 0.392. The number of sulfonamides is 1. The van der Waals surface area contributed by atoms with Crippen LogP contribution in [0, 0.1) is 0 Å². The van der Waals surface area contributed by atoms with Crippen molar-refractivity contribution in [3.8, 4) is 22.8 Å². The molecule has 2 N–H and O–H groups in total. The van der Waals surface area contributed by atoms with E-state index in [1.54, 1.807) is 29.6 Å². The van der Waals surface area contributed by atoms with Crippen LogP contribution < -0.4 is 20.0 Å². The number of thiazole rings is 1. The number of methoxy groups -OCH3 is 2. The number of rotatable bonds is 6. The van der Waals surface area contributed by atoms with Gasteiger partial charge in [-0.1, -0.05) is 6.07 Å². The summed E-state index contributed by atoms with van der Waals surface area (Å²) in [6.07, 6.45) is 0. The van der Waals surface area contributed by atoms with Gasteiger partial charge >= 0.3 is 5.76 Å². The summed E-state index contributed by atoms with van der Waals surface area (Å²) < 4.78 is 43.4. The van der Waals surface area contributed by atoms with E-state index in [0.717, 1.165) is 11.3 Å².